The van der Waals surface area contributed by atoms with Gasteiger partial charge in [-0.15, -0.1) is 0 Å². The lowest BCUT2D eigenvalue weighted by Gasteiger charge is -2.29. The minimum Gasteiger partial charge on any atom is -0.497 e. The van der Waals surface area contributed by atoms with E-state index in [-0.39, 0.29) is 5.91 Å². The molecule has 1 saturated heterocycles. The van der Waals surface area contributed by atoms with Gasteiger partial charge in [0.25, 0.3) is 5.91 Å². The number of rotatable bonds is 7. The van der Waals surface area contributed by atoms with Gasteiger partial charge in [0.2, 0.25) is 0 Å². The van der Waals surface area contributed by atoms with E-state index < -0.39 is 0 Å². The van der Waals surface area contributed by atoms with Crippen molar-refractivity contribution in [1.29, 1.82) is 0 Å². The molecule has 0 aromatic heterocycles. The van der Waals surface area contributed by atoms with E-state index in [0.29, 0.717) is 13.1 Å². The van der Waals surface area contributed by atoms with Crippen molar-refractivity contribution in [2.24, 2.45) is 5.92 Å². The molecule has 0 spiro atoms. The maximum absolute atomic E-state index is 12.2. The van der Waals surface area contributed by atoms with Gasteiger partial charge in [0.15, 0.2) is 6.54 Å². The minimum absolute atomic E-state index is 0.129. The van der Waals surface area contributed by atoms with Crippen molar-refractivity contribution in [3.63, 3.8) is 0 Å². The highest BCUT2D eigenvalue weighted by atomic mass is 16.5. The molecule has 3 rings (SSSR count). The quantitative estimate of drug-likeness (QED) is 0.798. The molecule has 0 unspecified atom stereocenters. The van der Waals surface area contributed by atoms with E-state index in [1.54, 1.807) is 7.11 Å². The second kappa shape index (κ2) is 9.39. The summed E-state index contributed by atoms with van der Waals surface area (Å²) < 4.78 is 5.22. The Hall–Kier alpha value is -2.33. The lowest BCUT2D eigenvalue weighted by Crippen LogP contribution is -3.14. The Balaban J connectivity index is 1.38. The van der Waals surface area contributed by atoms with E-state index in [4.69, 9.17) is 4.74 Å². The van der Waals surface area contributed by atoms with Crippen LogP contribution in [0, 0.1) is 5.92 Å². The number of likely N-dealkylation sites (tertiary alicyclic amines) is 1. The summed E-state index contributed by atoms with van der Waals surface area (Å²) in [6.45, 7) is 3.30. The van der Waals surface area contributed by atoms with Crippen molar-refractivity contribution < 1.29 is 14.4 Å². The minimum atomic E-state index is 0.129. The second-order valence-corrected chi connectivity index (χ2v) is 7.19. The monoisotopic (exact) mass is 353 g/mol. The van der Waals surface area contributed by atoms with Crippen LogP contribution in [0.2, 0.25) is 0 Å². The summed E-state index contributed by atoms with van der Waals surface area (Å²) in [5, 5.41) is 3.03. The molecule has 138 valence electrons. The molecule has 4 nitrogen and oxygen atoms in total. The third-order valence-corrected chi connectivity index (χ3v) is 5.21. The van der Waals surface area contributed by atoms with Crippen molar-refractivity contribution in [2.75, 3.05) is 26.7 Å². The van der Waals surface area contributed by atoms with Gasteiger partial charge in [0, 0.05) is 6.54 Å². The van der Waals surface area contributed by atoms with Crippen molar-refractivity contribution >= 4 is 5.91 Å². The summed E-state index contributed by atoms with van der Waals surface area (Å²) >= 11 is 0. The van der Waals surface area contributed by atoms with E-state index in [9.17, 15) is 4.79 Å². The van der Waals surface area contributed by atoms with E-state index in [1.165, 1.54) is 23.3 Å². The maximum Gasteiger partial charge on any atom is 0.275 e. The predicted molar refractivity (Wildman–Crippen MR) is 103 cm³/mol. The maximum atomic E-state index is 12.2. The molecule has 2 aromatic carbocycles. The lowest BCUT2D eigenvalue weighted by atomic mass is 9.90. The Morgan fingerprint density at radius 3 is 2.54 bits per heavy atom. The molecule has 0 radical (unpaired) electrons. The Kier molecular flexibility index (Phi) is 6.67. The molecule has 1 heterocycles. The number of carbonyl (C=O) groups is 1. The number of ether oxygens (including phenoxy) is 1. The van der Waals surface area contributed by atoms with Crippen LogP contribution in [0.25, 0.3) is 0 Å². The number of nitrogens with one attached hydrogen (secondary N) is 2. The molecule has 1 fully saturated rings. The van der Waals surface area contributed by atoms with E-state index in [0.717, 1.165) is 36.7 Å². The van der Waals surface area contributed by atoms with Crippen LogP contribution in [-0.4, -0.2) is 32.7 Å². The summed E-state index contributed by atoms with van der Waals surface area (Å²) in [4.78, 5) is 13.6. The first kappa shape index (κ1) is 18.5. The van der Waals surface area contributed by atoms with Crippen LogP contribution in [0.3, 0.4) is 0 Å². The van der Waals surface area contributed by atoms with Crippen LogP contribution in [0.1, 0.15) is 24.0 Å². The summed E-state index contributed by atoms with van der Waals surface area (Å²) in [5.74, 6) is 1.70. The summed E-state index contributed by atoms with van der Waals surface area (Å²) in [6, 6.07) is 18.5. The van der Waals surface area contributed by atoms with Gasteiger partial charge in [-0.1, -0.05) is 42.5 Å². The van der Waals surface area contributed by atoms with E-state index in [1.807, 2.05) is 24.3 Å². The fourth-order valence-electron chi connectivity index (χ4n) is 3.69. The zero-order valence-electron chi connectivity index (χ0n) is 15.5. The Morgan fingerprint density at radius 1 is 1.08 bits per heavy atom. The number of hydrogen-bond donors (Lipinski definition) is 2. The van der Waals surface area contributed by atoms with Gasteiger partial charge in [-0.05, 0) is 48.4 Å². The van der Waals surface area contributed by atoms with Gasteiger partial charge in [-0.3, -0.25) is 4.79 Å². The van der Waals surface area contributed by atoms with Gasteiger partial charge in [0.05, 0.1) is 20.2 Å². The molecular weight excluding hydrogens is 324 g/mol. The molecule has 0 atom stereocenters. The standard InChI is InChI=1S/C22H28N2O2/c1-26-21-9-5-8-20(15-21)16-23-22(25)17-24-12-10-19(11-13-24)14-18-6-3-2-4-7-18/h2-9,15,19H,10-14,16-17H2,1H3,(H,23,25)/p+1. The van der Waals surface area contributed by atoms with E-state index >= 15 is 0 Å². The third-order valence-electron chi connectivity index (χ3n) is 5.21. The first-order valence-corrected chi connectivity index (χ1v) is 9.50. The Morgan fingerprint density at radius 2 is 1.81 bits per heavy atom. The largest absolute Gasteiger partial charge is 0.497 e. The van der Waals surface area contributed by atoms with Crippen molar-refractivity contribution in [2.45, 2.75) is 25.8 Å². The van der Waals surface area contributed by atoms with Crippen LogP contribution in [-0.2, 0) is 17.8 Å². The number of amides is 1. The highest BCUT2D eigenvalue weighted by Gasteiger charge is 2.23. The van der Waals surface area contributed by atoms with Gasteiger partial charge >= 0.3 is 0 Å². The predicted octanol–water partition coefficient (Wildman–Crippen LogP) is 1.85. The number of quaternary nitrogens is 1. The van der Waals surface area contributed by atoms with Crippen LogP contribution in [0.4, 0.5) is 0 Å². The number of carbonyl (C=O) groups excluding carboxylic acids is 1. The Bertz CT molecular complexity index is 694. The number of methoxy groups -OCH3 is 1. The molecule has 1 amide bonds. The zero-order valence-corrected chi connectivity index (χ0v) is 15.5. The molecule has 1 aliphatic heterocycles. The van der Waals surface area contributed by atoms with Gasteiger partial charge < -0.3 is 15.0 Å². The second-order valence-electron chi connectivity index (χ2n) is 7.19. The Labute approximate surface area is 156 Å². The summed E-state index contributed by atoms with van der Waals surface area (Å²) in [7, 11) is 1.66. The smallest absolute Gasteiger partial charge is 0.275 e. The number of hydrogen-bond acceptors (Lipinski definition) is 2. The van der Waals surface area contributed by atoms with Crippen LogP contribution in [0.5, 0.6) is 5.75 Å². The molecule has 0 saturated carbocycles. The average Bonchev–Trinajstić information content (AvgIpc) is 2.69. The molecule has 1 aliphatic rings. The van der Waals surface area contributed by atoms with Crippen LogP contribution < -0.4 is 15.0 Å². The van der Waals surface area contributed by atoms with E-state index in [2.05, 4.69) is 35.6 Å². The topological polar surface area (TPSA) is 42.8 Å². The van der Waals surface area contributed by atoms with Crippen molar-refractivity contribution in [3.8, 4) is 5.75 Å². The summed E-state index contributed by atoms with van der Waals surface area (Å²) in [6.07, 6.45) is 3.57. The lowest BCUT2D eigenvalue weighted by molar-refractivity contribution is -0.898. The van der Waals surface area contributed by atoms with Gasteiger partial charge in [0.1, 0.15) is 5.75 Å². The highest BCUT2D eigenvalue weighted by molar-refractivity contribution is 5.76. The van der Waals surface area contributed by atoms with Gasteiger partial charge in [-0.2, -0.15) is 0 Å². The first-order chi connectivity index (χ1) is 12.7. The third kappa shape index (κ3) is 5.60. The average molecular weight is 353 g/mol. The fourth-order valence-corrected chi connectivity index (χ4v) is 3.69. The van der Waals surface area contributed by atoms with Gasteiger partial charge in [-0.25, -0.2) is 0 Å². The zero-order chi connectivity index (χ0) is 18.2. The van der Waals surface area contributed by atoms with Crippen LogP contribution >= 0.6 is 0 Å². The summed E-state index contributed by atoms with van der Waals surface area (Å²) in [5.41, 5.74) is 2.49. The molecule has 2 aromatic rings. The molecule has 0 aliphatic carbocycles. The number of piperidine rings is 1. The highest BCUT2D eigenvalue weighted by Crippen LogP contribution is 2.16. The first-order valence-electron chi connectivity index (χ1n) is 9.50. The normalized spacial score (nSPS) is 19.7. The molecule has 26 heavy (non-hydrogen) atoms. The molecule has 4 heteroatoms. The van der Waals surface area contributed by atoms with Crippen molar-refractivity contribution in [1.82, 2.24) is 5.32 Å². The fraction of sp³-hybridized carbons (Fsp3) is 0.409. The molecular formula is C22H29N2O2+. The molecule has 0 bridgehead atoms. The molecule has 2 N–H and O–H groups in total. The van der Waals surface area contributed by atoms with Crippen LogP contribution in [0.15, 0.2) is 54.6 Å². The number of benzene rings is 2. The van der Waals surface area contributed by atoms with Crippen molar-refractivity contribution in [3.05, 3.63) is 65.7 Å². The SMILES string of the molecule is COc1cccc(CNC(=O)C[NH+]2CCC(Cc3ccccc3)CC2)c1.